The van der Waals surface area contributed by atoms with Gasteiger partial charge in [0.1, 0.15) is 5.82 Å². The van der Waals surface area contributed by atoms with Gasteiger partial charge in [-0.1, -0.05) is 39.8 Å². The van der Waals surface area contributed by atoms with Crippen LogP contribution in [0.2, 0.25) is 0 Å². The first kappa shape index (κ1) is 18.0. The number of carbonyl (C=O) groups excluding carboxylic acids is 1. The van der Waals surface area contributed by atoms with Gasteiger partial charge in [0, 0.05) is 18.0 Å². The number of hydrogen-bond donors (Lipinski definition) is 0. The monoisotopic (exact) mass is 275 g/mol. The van der Waals surface area contributed by atoms with Gasteiger partial charge < -0.3 is 0 Å². The molecule has 20 heavy (non-hydrogen) atoms. The average molecular weight is 275 g/mol. The minimum Gasteiger partial charge on any atom is -0.298 e. The van der Waals surface area contributed by atoms with Crippen LogP contribution in [0, 0.1) is 5.82 Å². The van der Waals surface area contributed by atoms with E-state index in [2.05, 4.69) is 4.98 Å². The lowest BCUT2D eigenvalue weighted by Gasteiger charge is -2.02. The van der Waals surface area contributed by atoms with Crippen LogP contribution in [0.25, 0.3) is 0 Å². The Morgan fingerprint density at radius 3 is 2.35 bits per heavy atom. The highest BCUT2D eigenvalue weighted by atomic mass is 19.1. The van der Waals surface area contributed by atoms with Gasteiger partial charge >= 0.3 is 0 Å². The Balaban J connectivity index is 0.000000829. The quantitative estimate of drug-likeness (QED) is 0.761. The van der Waals surface area contributed by atoms with Crippen molar-refractivity contribution in [2.24, 2.45) is 0 Å². The zero-order valence-electron chi connectivity index (χ0n) is 12.6. The average Bonchev–Trinajstić information content (AvgIpc) is 2.51. The highest BCUT2D eigenvalue weighted by molar-refractivity contribution is 5.74. The normalized spacial score (nSPS) is 8.65. The third kappa shape index (κ3) is 6.23. The van der Waals surface area contributed by atoms with E-state index >= 15 is 0 Å². The number of nitrogens with zero attached hydrogens (tertiary/aromatic N) is 1. The van der Waals surface area contributed by atoms with Crippen molar-refractivity contribution in [1.29, 1.82) is 0 Å². The SMILES string of the molecule is CC.CC.O=Cc1cncc(Cc2cccc(F)c2)c1. The molecule has 0 atom stereocenters. The van der Waals surface area contributed by atoms with Crippen LogP contribution in [-0.4, -0.2) is 11.3 Å². The first-order valence-electron chi connectivity index (χ1n) is 6.91. The molecule has 0 saturated heterocycles. The van der Waals surface area contributed by atoms with Crippen molar-refractivity contribution in [2.45, 2.75) is 34.1 Å². The Labute approximate surface area is 120 Å². The Kier molecular flexibility index (Phi) is 9.75. The third-order valence-electron chi connectivity index (χ3n) is 2.25. The number of hydrogen-bond acceptors (Lipinski definition) is 2. The predicted octanol–water partition coefficient (Wildman–Crippen LogP) is 4.68. The summed E-state index contributed by atoms with van der Waals surface area (Å²) in [6.45, 7) is 8.00. The van der Waals surface area contributed by atoms with Crippen LogP contribution in [-0.2, 0) is 6.42 Å². The van der Waals surface area contributed by atoms with Crippen molar-refractivity contribution >= 4 is 6.29 Å². The highest BCUT2D eigenvalue weighted by Crippen LogP contribution is 2.10. The van der Waals surface area contributed by atoms with Crippen LogP contribution in [0.15, 0.2) is 42.7 Å². The fourth-order valence-electron chi connectivity index (χ4n) is 1.55. The molecule has 0 aliphatic rings. The summed E-state index contributed by atoms with van der Waals surface area (Å²) in [4.78, 5) is 14.5. The number of halogens is 1. The van der Waals surface area contributed by atoms with Crippen LogP contribution in [0.3, 0.4) is 0 Å². The summed E-state index contributed by atoms with van der Waals surface area (Å²) in [5.74, 6) is -0.253. The zero-order chi connectivity index (χ0) is 15.4. The molecule has 0 fully saturated rings. The van der Waals surface area contributed by atoms with E-state index in [9.17, 15) is 9.18 Å². The van der Waals surface area contributed by atoms with Crippen LogP contribution in [0.4, 0.5) is 4.39 Å². The van der Waals surface area contributed by atoms with E-state index in [1.165, 1.54) is 18.3 Å². The molecule has 2 rings (SSSR count). The molecule has 3 heteroatoms. The number of carbonyl (C=O) groups is 1. The lowest BCUT2D eigenvalue weighted by Crippen LogP contribution is -1.92. The van der Waals surface area contributed by atoms with Gasteiger partial charge in [-0.25, -0.2) is 4.39 Å². The molecule has 1 heterocycles. The smallest absolute Gasteiger partial charge is 0.151 e. The molecule has 1 aromatic carbocycles. The second-order valence-corrected chi connectivity index (χ2v) is 3.55. The lowest BCUT2D eigenvalue weighted by atomic mass is 10.1. The summed E-state index contributed by atoms with van der Waals surface area (Å²) in [6, 6.07) is 8.15. The summed E-state index contributed by atoms with van der Waals surface area (Å²) in [5, 5.41) is 0. The standard InChI is InChI=1S/C13H10FNO.2C2H6/c14-13-3-1-2-10(6-13)4-11-5-12(9-16)8-15-7-11;2*1-2/h1-3,5-9H,4H2;2*1-2H3. The zero-order valence-corrected chi connectivity index (χ0v) is 12.6. The van der Waals surface area contributed by atoms with Crippen molar-refractivity contribution < 1.29 is 9.18 Å². The van der Waals surface area contributed by atoms with E-state index in [0.717, 1.165) is 17.4 Å². The molecule has 0 aliphatic carbocycles. The molecule has 2 nitrogen and oxygen atoms in total. The van der Waals surface area contributed by atoms with Crippen molar-refractivity contribution in [3.63, 3.8) is 0 Å². The molecule has 1 aromatic heterocycles. The minimum absolute atomic E-state index is 0.253. The van der Waals surface area contributed by atoms with Gasteiger partial charge in [0.15, 0.2) is 6.29 Å². The second-order valence-electron chi connectivity index (χ2n) is 3.55. The van der Waals surface area contributed by atoms with Gasteiger partial charge in [-0.15, -0.1) is 0 Å². The number of rotatable bonds is 3. The number of aromatic nitrogens is 1. The first-order valence-corrected chi connectivity index (χ1v) is 6.91. The van der Waals surface area contributed by atoms with Crippen molar-refractivity contribution in [3.8, 4) is 0 Å². The molecule has 0 spiro atoms. The topological polar surface area (TPSA) is 30.0 Å². The van der Waals surface area contributed by atoms with Gasteiger partial charge in [0.2, 0.25) is 0 Å². The van der Waals surface area contributed by atoms with Crippen molar-refractivity contribution in [2.75, 3.05) is 0 Å². The molecular weight excluding hydrogens is 253 g/mol. The van der Waals surface area contributed by atoms with E-state index in [-0.39, 0.29) is 5.82 Å². The molecule has 0 radical (unpaired) electrons. The van der Waals surface area contributed by atoms with Crippen molar-refractivity contribution in [3.05, 3.63) is 65.2 Å². The predicted molar refractivity (Wildman–Crippen MR) is 81.5 cm³/mol. The fourth-order valence-corrected chi connectivity index (χ4v) is 1.55. The maximum absolute atomic E-state index is 12.9. The molecule has 0 saturated carbocycles. The van der Waals surface area contributed by atoms with Gasteiger partial charge in [-0.2, -0.15) is 0 Å². The lowest BCUT2D eigenvalue weighted by molar-refractivity contribution is 0.112. The van der Waals surface area contributed by atoms with Crippen LogP contribution in [0.1, 0.15) is 49.2 Å². The summed E-state index contributed by atoms with van der Waals surface area (Å²) in [7, 11) is 0. The minimum atomic E-state index is -0.253. The Hall–Kier alpha value is -2.03. The molecule has 0 unspecified atom stereocenters. The molecule has 108 valence electrons. The summed E-state index contributed by atoms with van der Waals surface area (Å²) in [6.07, 6.45) is 4.51. The molecular formula is C17H22FNO. The summed E-state index contributed by atoms with van der Waals surface area (Å²) in [5.41, 5.74) is 2.30. The van der Waals surface area contributed by atoms with Crippen molar-refractivity contribution in [1.82, 2.24) is 4.98 Å². The van der Waals surface area contributed by atoms with E-state index in [0.29, 0.717) is 12.0 Å². The molecule has 0 amide bonds. The van der Waals surface area contributed by atoms with Gasteiger partial charge in [0.25, 0.3) is 0 Å². The van der Waals surface area contributed by atoms with E-state index in [4.69, 9.17) is 0 Å². The Morgan fingerprint density at radius 2 is 1.75 bits per heavy atom. The van der Waals surface area contributed by atoms with Crippen LogP contribution < -0.4 is 0 Å². The van der Waals surface area contributed by atoms with Crippen LogP contribution >= 0.6 is 0 Å². The first-order chi connectivity index (χ1) is 9.78. The van der Waals surface area contributed by atoms with Gasteiger partial charge in [-0.3, -0.25) is 9.78 Å². The molecule has 2 aromatic rings. The third-order valence-corrected chi connectivity index (χ3v) is 2.25. The Bertz CT molecular complexity index is 512. The molecule has 0 bridgehead atoms. The second kappa shape index (κ2) is 10.9. The van der Waals surface area contributed by atoms with E-state index in [1.54, 1.807) is 18.3 Å². The fraction of sp³-hybridized carbons (Fsp3) is 0.294. The molecule has 0 N–H and O–H groups in total. The maximum Gasteiger partial charge on any atom is 0.151 e. The highest BCUT2D eigenvalue weighted by Gasteiger charge is 1.99. The van der Waals surface area contributed by atoms with Gasteiger partial charge in [-0.05, 0) is 35.7 Å². The van der Waals surface area contributed by atoms with Gasteiger partial charge in [0.05, 0.1) is 0 Å². The van der Waals surface area contributed by atoms with E-state index in [1.807, 2.05) is 33.8 Å². The Morgan fingerprint density at radius 1 is 1.05 bits per heavy atom. The number of benzene rings is 1. The number of aldehydes is 1. The maximum atomic E-state index is 12.9. The largest absolute Gasteiger partial charge is 0.298 e. The number of pyridine rings is 1. The van der Waals surface area contributed by atoms with Crippen LogP contribution in [0.5, 0.6) is 0 Å². The summed E-state index contributed by atoms with van der Waals surface area (Å²) >= 11 is 0. The van der Waals surface area contributed by atoms with E-state index < -0.39 is 0 Å². The summed E-state index contributed by atoms with van der Waals surface area (Å²) < 4.78 is 12.9. The molecule has 0 aliphatic heterocycles.